The summed E-state index contributed by atoms with van der Waals surface area (Å²) in [5.41, 5.74) is 7.59. The van der Waals surface area contributed by atoms with Crippen LogP contribution in [0.25, 0.3) is 0 Å². The van der Waals surface area contributed by atoms with Gasteiger partial charge in [-0.25, -0.2) is 4.98 Å². The molecule has 0 saturated heterocycles. The lowest BCUT2D eigenvalue weighted by atomic mass is 10.1. The van der Waals surface area contributed by atoms with Crippen molar-refractivity contribution in [3.05, 3.63) is 34.3 Å². The molecule has 0 saturated carbocycles. The predicted octanol–water partition coefficient (Wildman–Crippen LogP) is 2.55. The van der Waals surface area contributed by atoms with E-state index in [1.807, 2.05) is 13.0 Å². The molecule has 0 radical (unpaired) electrons. The zero-order valence-electron chi connectivity index (χ0n) is 10.7. The molecule has 6 heteroatoms. The summed E-state index contributed by atoms with van der Waals surface area (Å²) in [5.74, 6) is -0.268. The maximum absolute atomic E-state index is 12.1. The highest BCUT2D eigenvalue weighted by Crippen LogP contribution is 2.27. The molecule has 0 unspecified atom stereocenters. The quantitative estimate of drug-likeness (QED) is 0.752. The molecular weight excluding hydrogens is 262 g/mol. The van der Waals surface area contributed by atoms with Gasteiger partial charge in [-0.1, -0.05) is 24.3 Å². The van der Waals surface area contributed by atoms with Gasteiger partial charge in [-0.15, -0.1) is 0 Å². The van der Waals surface area contributed by atoms with Gasteiger partial charge in [-0.3, -0.25) is 4.79 Å². The molecule has 100 valence electrons. The van der Waals surface area contributed by atoms with Crippen LogP contribution in [0.2, 0.25) is 0 Å². The van der Waals surface area contributed by atoms with Crippen molar-refractivity contribution in [2.45, 2.75) is 20.3 Å². The third kappa shape index (κ3) is 2.85. The zero-order chi connectivity index (χ0) is 14.0. The number of aromatic nitrogens is 1. The molecule has 0 aliphatic heterocycles. The van der Waals surface area contributed by atoms with Gasteiger partial charge >= 0.3 is 0 Å². The van der Waals surface area contributed by atoms with Gasteiger partial charge in [0.1, 0.15) is 10.6 Å². The molecule has 0 atom stereocenters. The van der Waals surface area contributed by atoms with Crippen LogP contribution in [-0.4, -0.2) is 16.0 Å². The first-order chi connectivity index (χ1) is 9.01. The standard InChI is InChI=1S/C13H15N3O2S/c1-3-8-4-5-10(17)9(6-8)16-12(18)11-7(2)15-13(14)19-11/h4-6,17H,3H2,1-2H3,(H2,14,15)(H,16,18). The monoisotopic (exact) mass is 277 g/mol. The molecule has 0 aliphatic rings. The second-order valence-corrected chi connectivity index (χ2v) is 5.16. The Morgan fingerprint density at radius 3 is 2.84 bits per heavy atom. The van der Waals surface area contributed by atoms with Crippen molar-refractivity contribution in [3.63, 3.8) is 0 Å². The van der Waals surface area contributed by atoms with Gasteiger partial charge in [0.15, 0.2) is 5.13 Å². The number of nitrogens with one attached hydrogen (secondary N) is 1. The molecule has 2 aromatic rings. The average Bonchev–Trinajstić information content (AvgIpc) is 2.71. The highest BCUT2D eigenvalue weighted by Gasteiger charge is 2.15. The number of hydrogen-bond acceptors (Lipinski definition) is 5. The molecule has 0 aliphatic carbocycles. The highest BCUT2D eigenvalue weighted by atomic mass is 32.1. The molecular formula is C13H15N3O2S. The molecule has 0 fully saturated rings. The van der Waals surface area contributed by atoms with E-state index in [4.69, 9.17) is 5.73 Å². The number of phenolic OH excluding ortho intramolecular Hbond substituents is 1. The fourth-order valence-electron chi connectivity index (χ4n) is 1.71. The van der Waals surface area contributed by atoms with Crippen molar-refractivity contribution in [2.24, 2.45) is 0 Å². The minimum Gasteiger partial charge on any atom is -0.506 e. The van der Waals surface area contributed by atoms with Crippen molar-refractivity contribution in [1.29, 1.82) is 0 Å². The molecule has 0 spiro atoms. The van der Waals surface area contributed by atoms with Gasteiger partial charge in [0.2, 0.25) is 0 Å². The van der Waals surface area contributed by atoms with Gasteiger partial charge in [0.25, 0.3) is 5.91 Å². The van der Waals surface area contributed by atoms with Crippen LogP contribution in [0.15, 0.2) is 18.2 Å². The van der Waals surface area contributed by atoms with Crippen LogP contribution in [-0.2, 0) is 6.42 Å². The number of carbonyl (C=O) groups is 1. The van der Waals surface area contributed by atoms with E-state index in [1.54, 1.807) is 19.1 Å². The summed E-state index contributed by atoms with van der Waals surface area (Å²) >= 11 is 1.13. The van der Waals surface area contributed by atoms with E-state index in [0.717, 1.165) is 23.3 Å². The van der Waals surface area contributed by atoms with Gasteiger partial charge in [0.05, 0.1) is 11.4 Å². The van der Waals surface area contributed by atoms with Crippen LogP contribution in [0.3, 0.4) is 0 Å². The van der Waals surface area contributed by atoms with Crippen molar-refractivity contribution in [3.8, 4) is 5.75 Å². The summed E-state index contributed by atoms with van der Waals surface area (Å²) in [6, 6.07) is 5.15. The van der Waals surface area contributed by atoms with Crippen LogP contribution in [0.4, 0.5) is 10.8 Å². The van der Waals surface area contributed by atoms with E-state index in [1.165, 1.54) is 0 Å². The molecule has 1 aromatic carbocycles. The molecule has 5 nitrogen and oxygen atoms in total. The summed E-state index contributed by atoms with van der Waals surface area (Å²) in [6.07, 6.45) is 0.829. The lowest BCUT2D eigenvalue weighted by Gasteiger charge is -2.08. The Balaban J connectivity index is 2.26. The molecule has 0 bridgehead atoms. The summed E-state index contributed by atoms with van der Waals surface area (Å²) in [7, 11) is 0. The number of hydrogen-bond donors (Lipinski definition) is 3. The van der Waals surface area contributed by atoms with E-state index < -0.39 is 0 Å². The third-order valence-electron chi connectivity index (χ3n) is 2.74. The molecule has 4 N–H and O–H groups in total. The van der Waals surface area contributed by atoms with Crippen LogP contribution >= 0.6 is 11.3 Å². The number of aryl methyl sites for hydroxylation is 2. The zero-order valence-corrected chi connectivity index (χ0v) is 11.5. The largest absolute Gasteiger partial charge is 0.506 e. The highest BCUT2D eigenvalue weighted by molar-refractivity contribution is 7.17. The number of benzene rings is 1. The summed E-state index contributed by atoms with van der Waals surface area (Å²) in [6.45, 7) is 3.73. The van der Waals surface area contributed by atoms with E-state index in [9.17, 15) is 9.90 Å². The van der Waals surface area contributed by atoms with E-state index in [0.29, 0.717) is 21.4 Å². The Hall–Kier alpha value is -2.08. The molecule has 19 heavy (non-hydrogen) atoms. The number of carbonyl (C=O) groups excluding carboxylic acids is 1. The number of rotatable bonds is 3. The SMILES string of the molecule is CCc1ccc(O)c(NC(=O)c2sc(N)nc2C)c1. The number of phenols is 1. The van der Waals surface area contributed by atoms with E-state index in [2.05, 4.69) is 10.3 Å². The Labute approximate surface area is 115 Å². The third-order valence-corrected chi connectivity index (χ3v) is 3.72. The number of anilines is 2. The second-order valence-electron chi connectivity index (χ2n) is 4.13. The van der Waals surface area contributed by atoms with Crippen LogP contribution in [0.5, 0.6) is 5.75 Å². The summed E-state index contributed by atoms with van der Waals surface area (Å²) < 4.78 is 0. The maximum Gasteiger partial charge on any atom is 0.267 e. The summed E-state index contributed by atoms with van der Waals surface area (Å²) in [4.78, 5) is 16.6. The fraction of sp³-hybridized carbons (Fsp3) is 0.231. The van der Waals surface area contributed by atoms with Crippen molar-refractivity contribution in [1.82, 2.24) is 4.98 Å². The van der Waals surface area contributed by atoms with Gasteiger partial charge in [-0.2, -0.15) is 0 Å². The van der Waals surface area contributed by atoms with Crippen molar-refractivity contribution in [2.75, 3.05) is 11.1 Å². The lowest BCUT2D eigenvalue weighted by molar-refractivity contribution is 0.102. The predicted molar refractivity (Wildman–Crippen MR) is 76.7 cm³/mol. The van der Waals surface area contributed by atoms with Crippen LogP contribution < -0.4 is 11.1 Å². The lowest BCUT2D eigenvalue weighted by Crippen LogP contribution is -2.11. The number of aromatic hydroxyl groups is 1. The Morgan fingerprint density at radius 2 is 2.26 bits per heavy atom. The molecule has 1 aromatic heterocycles. The Kier molecular flexibility index (Phi) is 3.71. The first-order valence-electron chi connectivity index (χ1n) is 5.87. The topological polar surface area (TPSA) is 88.2 Å². The molecule has 2 rings (SSSR count). The Bertz CT molecular complexity index is 622. The summed E-state index contributed by atoms with van der Waals surface area (Å²) in [5, 5.41) is 12.8. The first kappa shape index (κ1) is 13.4. The van der Waals surface area contributed by atoms with E-state index in [-0.39, 0.29) is 11.7 Å². The number of thiazole rings is 1. The van der Waals surface area contributed by atoms with Crippen LogP contribution in [0.1, 0.15) is 27.9 Å². The minimum atomic E-state index is -0.310. The second kappa shape index (κ2) is 5.27. The van der Waals surface area contributed by atoms with Crippen molar-refractivity contribution >= 4 is 28.1 Å². The molecule has 1 amide bonds. The number of nitrogen functional groups attached to an aromatic ring is 1. The Morgan fingerprint density at radius 1 is 1.53 bits per heavy atom. The van der Waals surface area contributed by atoms with Gasteiger partial charge in [0, 0.05) is 0 Å². The number of nitrogens with two attached hydrogens (primary N) is 1. The van der Waals surface area contributed by atoms with Crippen LogP contribution in [0, 0.1) is 6.92 Å². The fourth-order valence-corrected chi connectivity index (χ4v) is 2.44. The minimum absolute atomic E-state index is 0.0423. The number of nitrogens with zero attached hydrogens (tertiary/aromatic N) is 1. The maximum atomic E-state index is 12.1. The first-order valence-corrected chi connectivity index (χ1v) is 6.69. The van der Waals surface area contributed by atoms with Crippen molar-refractivity contribution < 1.29 is 9.90 Å². The molecule has 1 heterocycles. The smallest absolute Gasteiger partial charge is 0.267 e. The van der Waals surface area contributed by atoms with Gasteiger partial charge in [-0.05, 0) is 31.0 Å². The van der Waals surface area contributed by atoms with E-state index >= 15 is 0 Å². The normalized spacial score (nSPS) is 10.4. The number of amides is 1. The average molecular weight is 277 g/mol. The van der Waals surface area contributed by atoms with Gasteiger partial charge < -0.3 is 16.2 Å².